The Bertz CT molecular complexity index is 682. The average Bonchev–Trinajstić information content (AvgIpc) is 3.06. The lowest BCUT2D eigenvalue weighted by Gasteiger charge is -2.29. The van der Waals surface area contributed by atoms with Gasteiger partial charge in [-0.1, -0.05) is 12.1 Å². The summed E-state index contributed by atoms with van der Waals surface area (Å²) >= 11 is 1.78. The predicted octanol–water partition coefficient (Wildman–Crippen LogP) is 3.25. The van der Waals surface area contributed by atoms with E-state index in [1.807, 2.05) is 36.1 Å². The second kappa shape index (κ2) is 7.15. The van der Waals surface area contributed by atoms with E-state index in [9.17, 15) is 4.79 Å². The van der Waals surface area contributed by atoms with Gasteiger partial charge in [-0.05, 0) is 48.1 Å². The van der Waals surface area contributed by atoms with Crippen molar-refractivity contribution in [2.75, 3.05) is 13.7 Å². The summed E-state index contributed by atoms with van der Waals surface area (Å²) in [6, 6.07) is 9.83. The molecule has 3 rings (SSSR count). The van der Waals surface area contributed by atoms with Crippen LogP contribution in [0.3, 0.4) is 0 Å². The molecule has 1 aliphatic heterocycles. The number of carbonyl (C=O) groups excluding carboxylic acids is 1. The zero-order valence-corrected chi connectivity index (χ0v) is 14.3. The molecule has 0 radical (unpaired) electrons. The summed E-state index contributed by atoms with van der Waals surface area (Å²) in [6.07, 6.45) is 0.503. The molecule has 0 saturated carbocycles. The first-order valence-electron chi connectivity index (χ1n) is 7.76. The molecule has 0 N–H and O–H groups in total. The van der Waals surface area contributed by atoms with Crippen LogP contribution in [0.2, 0.25) is 0 Å². The van der Waals surface area contributed by atoms with Crippen molar-refractivity contribution in [3.05, 3.63) is 51.7 Å². The third-order valence-electron chi connectivity index (χ3n) is 4.10. The van der Waals surface area contributed by atoms with Crippen molar-refractivity contribution in [2.45, 2.75) is 32.6 Å². The second-order valence-electron chi connectivity index (χ2n) is 5.68. The molecule has 2 aromatic rings. The first-order valence-corrected chi connectivity index (χ1v) is 8.64. The third-order valence-corrected chi connectivity index (χ3v) is 5.12. The average molecular weight is 331 g/mol. The van der Waals surface area contributed by atoms with Crippen molar-refractivity contribution in [3.63, 3.8) is 0 Å². The van der Waals surface area contributed by atoms with Gasteiger partial charge in [0.25, 0.3) is 5.91 Å². The minimum Gasteiger partial charge on any atom is -0.497 e. The summed E-state index contributed by atoms with van der Waals surface area (Å²) in [6.45, 7) is 3.71. The van der Waals surface area contributed by atoms with Gasteiger partial charge >= 0.3 is 0 Å². The Labute approximate surface area is 140 Å². The van der Waals surface area contributed by atoms with Gasteiger partial charge in [-0.25, -0.2) is 0 Å². The normalized spacial score (nSPS) is 15.1. The minimum absolute atomic E-state index is 0.0600. The van der Waals surface area contributed by atoms with Crippen LogP contribution in [0.25, 0.3) is 0 Å². The van der Waals surface area contributed by atoms with E-state index in [0.29, 0.717) is 13.2 Å². The van der Waals surface area contributed by atoms with Crippen LogP contribution >= 0.6 is 11.3 Å². The number of hydrogen-bond donors (Lipinski definition) is 0. The van der Waals surface area contributed by atoms with E-state index in [4.69, 9.17) is 9.47 Å². The second-order valence-corrected chi connectivity index (χ2v) is 6.68. The fourth-order valence-corrected chi connectivity index (χ4v) is 3.64. The molecule has 2 heterocycles. The maximum absolute atomic E-state index is 12.6. The fourth-order valence-electron chi connectivity index (χ4n) is 2.75. The van der Waals surface area contributed by atoms with Crippen LogP contribution in [0.15, 0.2) is 35.7 Å². The number of methoxy groups -OCH3 is 1. The van der Waals surface area contributed by atoms with Crippen LogP contribution in [-0.4, -0.2) is 30.6 Å². The van der Waals surface area contributed by atoms with Gasteiger partial charge in [0.2, 0.25) is 0 Å². The number of ether oxygens (including phenoxy) is 2. The molecule has 0 aliphatic carbocycles. The van der Waals surface area contributed by atoms with Crippen molar-refractivity contribution >= 4 is 17.2 Å². The van der Waals surface area contributed by atoms with E-state index in [1.54, 1.807) is 18.4 Å². The number of hydrogen-bond acceptors (Lipinski definition) is 4. The molecule has 0 spiro atoms. The predicted molar refractivity (Wildman–Crippen MR) is 90.7 cm³/mol. The topological polar surface area (TPSA) is 38.8 Å². The Morgan fingerprint density at radius 3 is 3.09 bits per heavy atom. The highest BCUT2D eigenvalue weighted by Gasteiger charge is 2.25. The number of nitrogens with zero attached hydrogens (tertiary/aromatic N) is 1. The van der Waals surface area contributed by atoms with Gasteiger partial charge in [0.05, 0.1) is 13.7 Å². The smallest absolute Gasteiger partial charge is 0.251 e. The minimum atomic E-state index is -0.443. The highest BCUT2D eigenvalue weighted by atomic mass is 32.1. The summed E-state index contributed by atoms with van der Waals surface area (Å²) < 4.78 is 11.0. The van der Waals surface area contributed by atoms with Gasteiger partial charge in [-0.3, -0.25) is 4.79 Å². The molecule has 1 aromatic heterocycles. The SMILES string of the molecule is COc1cccc(COC(C)C(=O)N2CCc3sccc3C2)c1. The van der Waals surface area contributed by atoms with E-state index in [1.165, 1.54) is 10.4 Å². The van der Waals surface area contributed by atoms with Gasteiger partial charge < -0.3 is 14.4 Å². The lowest BCUT2D eigenvalue weighted by Crippen LogP contribution is -2.41. The monoisotopic (exact) mass is 331 g/mol. The number of amides is 1. The molecule has 1 amide bonds. The summed E-state index contributed by atoms with van der Waals surface area (Å²) in [7, 11) is 1.64. The standard InChI is InChI=1S/C18H21NO3S/c1-13(22-12-14-4-3-5-16(10-14)21-2)18(20)19-8-6-17-15(11-19)7-9-23-17/h3-5,7,9-10,13H,6,8,11-12H2,1-2H3. The van der Waals surface area contributed by atoms with Crippen molar-refractivity contribution in [2.24, 2.45) is 0 Å². The van der Waals surface area contributed by atoms with Crippen LogP contribution < -0.4 is 4.74 Å². The first-order chi connectivity index (χ1) is 11.2. The molecule has 1 atom stereocenters. The van der Waals surface area contributed by atoms with Gasteiger partial charge in [0, 0.05) is 18.0 Å². The quantitative estimate of drug-likeness (QED) is 0.844. The fraction of sp³-hybridized carbons (Fsp3) is 0.389. The molecular weight excluding hydrogens is 310 g/mol. The Morgan fingerprint density at radius 1 is 1.39 bits per heavy atom. The van der Waals surface area contributed by atoms with Crippen LogP contribution in [0.4, 0.5) is 0 Å². The Hall–Kier alpha value is -1.85. The number of carbonyl (C=O) groups is 1. The van der Waals surface area contributed by atoms with E-state index in [-0.39, 0.29) is 5.91 Å². The van der Waals surface area contributed by atoms with Gasteiger partial charge in [0.1, 0.15) is 11.9 Å². The largest absolute Gasteiger partial charge is 0.497 e. The lowest BCUT2D eigenvalue weighted by molar-refractivity contribution is -0.144. The van der Waals surface area contributed by atoms with E-state index in [0.717, 1.165) is 24.3 Å². The zero-order chi connectivity index (χ0) is 16.2. The molecule has 122 valence electrons. The summed E-state index contributed by atoms with van der Waals surface area (Å²) in [4.78, 5) is 15.8. The van der Waals surface area contributed by atoms with E-state index in [2.05, 4.69) is 11.4 Å². The molecule has 0 bridgehead atoms. The van der Waals surface area contributed by atoms with E-state index >= 15 is 0 Å². The van der Waals surface area contributed by atoms with Crippen molar-refractivity contribution < 1.29 is 14.3 Å². The van der Waals surface area contributed by atoms with Gasteiger partial charge in [-0.2, -0.15) is 0 Å². The first kappa shape index (κ1) is 16.0. The molecule has 23 heavy (non-hydrogen) atoms. The van der Waals surface area contributed by atoms with Crippen LogP contribution in [-0.2, 0) is 29.1 Å². The van der Waals surface area contributed by atoms with Crippen LogP contribution in [0.5, 0.6) is 5.75 Å². The maximum atomic E-state index is 12.6. The van der Waals surface area contributed by atoms with Crippen molar-refractivity contribution in [1.82, 2.24) is 4.90 Å². The summed E-state index contributed by atoms with van der Waals surface area (Å²) in [5, 5.41) is 2.10. The van der Waals surface area contributed by atoms with Gasteiger partial charge in [-0.15, -0.1) is 11.3 Å². The number of rotatable bonds is 5. The van der Waals surface area contributed by atoms with E-state index < -0.39 is 6.10 Å². The zero-order valence-electron chi connectivity index (χ0n) is 13.5. The molecule has 5 heteroatoms. The number of benzene rings is 1. The Kier molecular flexibility index (Phi) is 4.98. The molecule has 0 saturated heterocycles. The van der Waals surface area contributed by atoms with Gasteiger partial charge in [0.15, 0.2) is 0 Å². The molecule has 0 fully saturated rings. The summed E-state index contributed by atoms with van der Waals surface area (Å²) in [5.74, 6) is 0.857. The highest BCUT2D eigenvalue weighted by Crippen LogP contribution is 2.24. The molecule has 1 aliphatic rings. The highest BCUT2D eigenvalue weighted by molar-refractivity contribution is 7.10. The maximum Gasteiger partial charge on any atom is 0.251 e. The molecule has 1 unspecified atom stereocenters. The number of thiophene rings is 1. The van der Waals surface area contributed by atoms with Crippen molar-refractivity contribution in [1.29, 1.82) is 0 Å². The Morgan fingerprint density at radius 2 is 2.26 bits per heavy atom. The summed E-state index contributed by atoms with van der Waals surface area (Å²) in [5.41, 5.74) is 2.28. The van der Waals surface area contributed by atoms with Crippen LogP contribution in [0, 0.1) is 0 Å². The van der Waals surface area contributed by atoms with Crippen LogP contribution in [0.1, 0.15) is 22.9 Å². The third kappa shape index (κ3) is 3.74. The molecular formula is C18H21NO3S. The molecule has 1 aromatic carbocycles. The lowest BCUT2D eigenvalue weighted by atomic mass is 10.1. The molecule has 4 nitrogen and oxygen atoms in total. The Balaban J connectivity index is 1.55. The van der Waals surface area contributed by atoms with Crippen molar-refractivity contribution in [3.8, 4) is 5.75 Å². The number of fused-ring (bicyclic) bond motifs is 1.